The van der Waals surface area contributed by atoms with Crippen LogP contribution in [-0.2, 0) is 6.54 Å². The average molecular weight is 330 g/mol. The number of benzene rings is 1. The van der Waals surface area contributed by atoms with Crippen LogP contribution in [0.15, 0.2) is 27.8 Å². The summed E-state index contributed by atoms with van der Waals surface area (Å²) in [6.45, 7) is 2.78. The first-order chi connectivity index (χ1) is 8.97. The fourth-order valence-corrected chi connectivity index (χ4v) is 2.10. The third-order valence-corrected chi connectivity index (χ3v) is 3.83. The number of hydrogen-bond donors (Lipinski definition) is 2. The Labute approximate surface area is 122 Å². The van der Waals surface area contributed by atoms with Gasteiger partial charge in [-0.1, -0.05) is 21.1 Å². The lowest BCUT2D eigenvalue weighted by atomic mass is 10.1. The standard InChI is InChI=1S/C13H20BrN3O2/c1-9(6-13(15)16-18)17(2)8-10-7-11(19-3)4-5-12(10)14/h4-5,7,9,18H,6,8H2,1-3H3,(H2,15,16). The highest BCUT2D eigenvalue weighted by Gasteiger charge is 2.13. The van der Waals surface area contributed by atoms with Crippen molar-refractivity contribution in [1.82, 2.24) is 4.90 Å². The smallest absolute Gasteiger partial charge is 0.140 e. The molecule has 19 heavy (non-hydrogen) atoms. The van der Waals surface area contributed by atoms with E-state index in [1.807, 2.05) is 32.2 Å². The van der Waals surface area contributed by atoms with Crippen molar-refractivity contribution in [1.29, 1.82) is 0 Å². The monoisotopic (exact) mass is 329 g/mol. The molecule has 0 bridgehead atoms. The Hall–Kier alpha value is -1.27. The van der Waals surface area contributed by atoms with E-state index in [1.54, 1.807) is 7.11 Å². The molecule has 3 N–H and O–H groups in total. The fraction of sp³-hybridized carbons (Fsp3) is 0.462. The molecule has 1 aromatic rings. The van der Waals surface area contributed by atoms with Crippen molar-refractivity contribution in [3.05, 3.63) is 28.2 Å². The Morgan fingerprint density at radius 1 is 1.58 bits per heavy atom. The Morgan fingerprint density at radius 3 is 2.84 bits per heavy atom. The van der Waals surface area contributed by atoms with Gasteiger partial charge in [0.25, 0.3) is 0 Å². The molecule has 0 aliphatic rings. The molecule has 0 aliphatic carbocycles. The second-order valence-electron chi connectivity index (χ2n) is 4.52. The van der Waals surface area contributed by atoms with E-state index in [2.05, 4.69) is 26.0 Å². The topological polar surface area (TPSA) is 71.1 Å². The first-order valence-corrected chi connectivity index (χ1v) is 6.76. The molecule has 106 valence electrons. The van der Waals surface area contributed by atoms with Crippen molar-refractivity contribution < 1.29 is 9.94 Å². The summed E-state index contributed by atoms with van der Waals surface area (Å²) < 4.78 is 6.26. The fourth-order valence-electron chi connectivity index (χ4n) is 1.72. The number of nitrogens with zero attached hydrogens (tertiary/aromatic N) is 2. The highest BCUT2D eigenvalue weighted by molar-refractivity contribution is 9.10. The summed E-state index contributed by atoms with van der Waals surface area (Å²) in [7, 11) is 3.65. The molecule has 0 amide bonds. The van der Waals surface area contributed by atoms with Gasteiger partial charge in [0, 0.05) is 23.5 Å². The molecule has 6 heteroatoms. The average Bonchev–Trinajstić information content (AvgIpc) is 2.40. The molecule has 0 fully saturated rings. The van der Waals surface area contributed by atoms with Crippen molar-refractivity contribution >= 4 is 21.8 Å². The maximum Gasteiger partial charge on any atom is 0.140 e. The van der Waals surface area contributed by atoms with Crippen molar-refractivity contribution in [3.63, 3.8) is 0 Å². The number of amidine groups is 1. The first-order valence-electron chi connectivity index (χ1n) is 5.97. The third kappa shape index (κ3) is 4.72. The van der Waals surface area contributed by atoms with Crippen LogP contribution in [0.4, 0.5) is 0 Å². The van der Waals surface area contributed by atoms with Gasteiger partial charge in [-0.2, -0.15) is 0 Å². The minimum atomic E-state index is 0.175. The van der Waals surface area contributed by atoms with Crippen LogP contribution in [0.1, 0.15) is 18.9 Å². The van der Waals surface area contributed by atoms with Crippen LogP contribution >= 0.6 is 15.9 Å². The van der Waals surface area contributed by atoms with Crippen LogP contribution in [0.3, 0.4) is 0 Å². The molecule has 0 spiro atoms. The largest absolute Gasteiger partial charge is 0.497 e. The molecule has 0 saturated carbocycles. The Balaban J connectivity index is 2.73. The van der Waals surface area contributed by atoms with E-state index in [-0.39, 0.29) is 11.9 Å². The van der Waals surface area contributed by atoms with Gasteiger partial charge in [-0.25, -0.2) is 0 Å². The zero-order chi connectivity index (χ0) is 14.4. The van der Waals surface area contributed by atoms with E-state index in [4.69, 9.17) is 15.7 Å². The SMILES string of the molecule is COc1ccc(Br)c(CN(C)C(C)CC(N)=NO)c1. The molecule has 1 rings (SSSR count). The molecule has 0 saturated heterocycles. The van der Waals surface area contributed by atoms with E-state index in [0.717, 1.165) is 22.3 Å². The number of nitrogens with two attached hydrogens (primary N) is 1. The number of halogens is 1. The molecule has 0 heterocycles. The summed E-state index contributed by atoms with van der Waals surface area (Å²) in [5.74, 6) is 1.07. The Morgan fingerprint density at radius 2 is 2.26 bits per heavy atom. The highest BCUT2D eigenvalue weighted by Crippen LogP contribution is 2.24. The summed E-state index contributed by atoms with van der Waals surface area (Å²) >= 11 is 3.53. The zero-order valence-corrected chi connectivity index (χ0v) is 13.0. The minimum absolute atomic E-state index is 0.175. The molecule has 0 aromatic heterocycles. The molecule has 1 aromatic carbocycles. The van der Waals surface area contributed by atoms with Gasteiger partial charge >= 0.3 is 0 Å². The molecule has 0 aliphatic heterocycles. The van der Waals surface area contributed by atoms with E-state index >= 15 is 0 Å². The number of hydrogen-bond acceptors (Lipinski definition) is 4. The Bertz CT molecular complexity index is 452. The molecular weight excluding hydrogens is 310 g/mol. The predicted molar refractivity (Wildman–Crippen MR) is 79.6 cm³/mol. The maximum absolute atomic E-state index is 8.59. The van der Waals surface area contributed by atoms with Gasteiger partial charge in [0.2, 0.25) is 0 Å². The summed E-state index contributed by atoms with van der Waals surface area (Å²) in [6.07, 6.45) is 0.522. The van der Waals surface area contributed by atoms with Crippen LogP contribution in [0, 0.1) is 0 Å². The summed E-state index contributed by atoms with van der Waals surface area (Å²) in [5, 5.41) is 11.6. The lowest BCUT2D eigenvalue weighted by molar-refractivity contribution is 0.250. The third-order valence-electron chi connectivity index (χ3n) is 3.06. The second-order valence-corrected chi connectivity index (χ2v) is 5.37. The van der Waals surface area contributed by atoms with E-state index in [9.17, 15) is 0 Å². The molecular formula is C13H20BrN3O2. The number of ether oxygens (including phenoxy) is 1. The lowest BCUT2D eigenvalue weighted by Crippen LogP contribution is -2.32. The quantitative estimate of drug-likeness (QED) is 0.364. The van der Waals surface area contributed by atoms with Crippen LogP contribution in [-0.4, -0.2) is 36.1 Å². The van der Waals surface area contributed by atoms with Crippen LogP contribution in [0.2, 0.25) is 0 Å². The van der Waals surface area contributed by atoms with Gasteiger partial charge in [0.15, 0.2) is 0 Å². The first kappa shape index (κ1) is 15.8. The Kier molecular flexibility index (Phi) is 6.11. The summed E-state index contributed by atoms with van der Waals surface area (Å²) in [4.78, 5) is 2.14. The predicted octanol–water partition coefficient (Wildman–Crippen LogP) is 2.41. The number of methoxy groups -OCH3 is 1. The summed E-state index contributed by atoms with van der Waals surface area (Å²) in [6, 6.07) is 6.05. The van der Waals surface area contributed by atoms with Crippen molar-refractivity contribution in [2.24, 2.45) is 10.9 Å². The van der Waals surface area contributed by atoms with Crippen LogP contribution in [0.25, 0.3) is 0 Å². The molecule has 1 atom stereocenters. The number of rotatable bonds is 6. The van der Waals surface area contributed by atoms with Crippen LogP contribution < -0.4 is 10.5 Å². The second kappa shape index (κ2) is 7.35. The lowest BCUT2D eigenvalue weighted by Gasteiger charge is -2.25. The van der Waals surface area contributed by atoms with E-state index in [0.29, 0.717) is 6.42 Å². The zero-order valence-electron chi connectivity index (χ0n) is 11.4. The highest BCUT2D eigenvalue weighted by atomic mass is 79.9. The van der Waals surface area contributed by atoms with Gasteiger partial charge in [-0.15, -0.1) is 0 Å². The van der Waals surface area contributed by atoms with Gasteiger partial charge in [0.1, 0.15) is 11.6 Å². The van der Waals surface area contributed by atoms with E-state index < -0.39 is 0 Å². The van der Waals surface area contributed by atoms with Crippen molar-refractivity contribution in [3.8, 4) is 5.75 Å². The van der Waals surface area contributed by atoms with Gasteiger partial charge in [0.05, 0.1) is 7.11 Å². The summed E-state index contributed by atoms with van der Waals surface area (Å²) in [5.41, 5.74) is 6.66. The molecule has 1 unspecified atom stereocenters. The van der Waals surface area contributed by atoms with Gasteiger partial charge in [-0.3, -0.25) is 4.90 Å². The van der Waals surface area contributed by atoms with Crippen molar-refractivity contribution in [2.45, 2.75) is 25.9 Å². The normalized spacial score (nSPS) is 13.6. The maximum atomic E-state index is 8.59. The minimum Gasteiger partial charge on any atom is -0.497 e. The molecule has 0 radical (unpaired) electrons. The van der Waals surface area contributed by atoms with E-state index in [1.165, 1.54) is 0 Å². The van der Waals surface area contributed by atoms with Crippen molar-refractivity contribution in [2.75, 3.05) is 14.2 Å². The molecule has 5 nitrogen and oxygen atoms in total. The van der Waals surface area contributed by atoms with Crippen LogP contribution in [0.5, 0.6) is 5.75 Å². The van der Waals surface area contributed by atoms with Gasteiger partial charge < -0.3 is 15.7 Å². The van der Waals surface area contributed by atoms with Gasteiger partial charge in [-0.05, 0) is 37.7 Å². The number of oxime groups is 1.